The lowest BCUT2D eigenvalue weighted by Gasteiger charge is -2.11. The van der Waals surface area contributed by atoms with E-state index in [2.05, 4.69) is 10.4 Å². The molecule has 0 aliphatic rings. The number of carbonyl (C=O) groups is 1. The first-order valence-corrected chi connectivity index (χ1v) is 8.61. The van der Waals surface area contributed by atoms with Crippen LogP contribution in [0.2, 0.25) is 0 Å². The molecule has 8 heteroatoms. The van der Waals surface area contributed by atoms with Crippen LogP contribution in [0.15, 0.2) is 59.4 Å². The molecule has 0 fully saturated rings. The zero-order chi connectivity index (χ0) is 19.2. The van der Waals surface area contributed by atoms with Crippen LogP contribution in [0.3, 0.4) is 0 Å². The molecular formula is C19H20N4O4. The molecule has 3 aromatic rings. The van der Waals surface area contributed by atoms with Crippen molar-refractivity contribution < 1.29 is 14.6 Å². The number of aliphatic hydroxyl groups excluding tert-OH is 1. The zero-order valence-corrected chi connectivity index (χ0v) is 14.9. The molecule has 0 aliphatic heterocycles. The summed E-state index contributed by atoms with van der Waals surface area (Å²) in [6.07, 6.45) is -0.502. The summed E-state index contributed by atoms with van der Waals surface area (Å²) in [5.74, 6) is 0.587. The molecule has 8 nitrogen and oxygen atoms in total. The number of hydrogen-bond acceptors (Lipinski definition) is 6. The second-order valence-electron chi connectivity index (χ2n) is 5.96. The first-order chi connectivity index (χ1) is 13.1. The van der Waals surface area contributed by atoms with Crippen molar-refractivity contribution in [2.24, 2.45) is 0 Å². The Morgan fingerprint density at radius 2 is 1.81 bits per heavy atom. The number of ether oxygens (including phenoxy) is 1. The van der Waals surface area contributed by atoms with Crippen molar-refractivity contribution in [3.63, 3.8) is 0 Å². The van der Waals surface area contributed by atoms with Crippen LogP contribution < -0.4 is 10.4 Å². The second-order valence-corrected chi connectivity index (χ2v) is 5.96. The molecule has 0 bridgehead atoms. The summed E-state index contributed by atoms with van der Waals surface area (Å²) < 4.78 is 7.76. The maximum absolute atomic E-state index is 12.3. The highest BCUT2D eigenvalue weighted by molar-refractivity contribution is 5.95. The number of nitrogens with zero attached hydrogens (tertiary/aromatic N) is 4. The molecule has 1 aromatic heterocycles. The minimum atomic E-state index is -0.944. The summed E-state index contributed by atoms with van der Waals surface area (Å²) >= 11 is 0. The highest BCUT2D eigenvalue weighted by atomic mass is 16.5. The van der Waals surface area contributed by atoms with Gasteiger partial charge in [-0.25, -0.2) is 4.79 Å². The average molecular weight is 368 g/mol. The molecule has 0 amide bonds. The van der Waals surface area contributed by atoms with Crippen LogP contribution in [-0.4, -0.2) is 43.4 Å². The number of aromatic nitrogens is 4. The van der Waals surface area contributed by atoms with Crippen LogP contribution in [0.25, 0.3) is 5.69 Å². The fourth-order valence-electron chi connectivity index (χ4n) is 2.51. The van der Waals surface area contributed by atoms with E-state index in [-0.39, 0.29) is 18.9 Å². The summed E-state index contributed by atoms with van der Waals surface area (Å²) in [6, 6.07) is 15.6. The highest BCUT2D eigenvalue weighted by Gasteiger charge is 2.13. The van der Waals surface area contributed by atoms with E-state index in [4.69, 9.17) is 4.74 Å². The molecule has 1 N–H and O–H groups in total. The van der Waals surface area contributed by atoms with E-state index >= 15 is 0 Å². The van der Waals surface area contributed by atoms with Gasteiger partial charge in [-0.2, -0.15) is 9.36 Å². The van der Waals surface area contributed by atoms with Crippen LogP contribution in [-0.2, 0) is 6.54 Å². The van der Waals surface area contributed by atoms with Crippen LogP contribution in [0.1, 0.15) is 23.7 Å². The Hall–Kier alpha value is -3.26. The monoisotopic (exact) mass is 368 g/mol. The number of tetrazole rings is 1. The van der Waals surface area contributed by atoms with Gasteiger partial charge in [0.15, 0.2) is 5.78 Å². The Balaban J connectivity index is 1.58. The first-order valence-electron chi connectivity index (χ1n) is 8.61. The molecular weight excluding hydrogens is 348 g/mol. The lowest BCUT2D eigenvalue weighted by Crippen LogP contribution is -2.31. The Labute approximate surface area is 155 Å². The molecule has 2 aromatic carbocycles. The number of rotatable bonds is 8. The van der Waals surface area contributed by atoms with Gasteiger partial charge in [-0.15, -0.1) is 0 Å². The summed E-state index contributed by atoms with van der Waals surface area (Å²) in [4.78, 5) is 23.9. The van der Waals surface area contributed by atoms with E-state index in [0.29, 0.717) is 23.4 Å². The van der Waals surface area contributed by atoms with Gasteiger partial charge in [0.2, 0.25) is 0 Å². The Morgan fingerprint density at radius 3 is 2.48 bits per heavy atom. The molecule has 1 atom stereocenters. The average Bonchev–Trinajstić information content (AvgIpc) is 3.07. The van der Waals surface area contributed by atoms with Crippen molar-refractivity contribution >= 4 is 5.78 Å². The summed E-state index contributed by atoms with van der Waals surface area (Å²) in [6.45, 7) is 1.74. The van der Waals surface area contributed by atoms with E-state index in [1.807, 2.05) is 6.07 Å². The predicted molar refractivity (Wildman–Crippen MR) is 98.2 cm³/mol. The molecule has 0 radical (unpaired) electrons. The molecule has 1 unspecified atom stereocenters. The van der Waals surface area contributed by atoms with E-state index in [1.54, 1.807) is 55.5 Å². The van der Waals surface area contributed by atoms with Crippen LogP contribution in [0.4, 0.5) is 0 Å². The lowest BCUT2D eigenvalue weighted by atomic mass is 10.1. The minimum Gasteiger partial charge on any atom is -0.491 e. The molecule has 27 heavy (non-hydrogen) atoms. The van der Waals surface area contributed by atoms with Gasteiger partial charge in [0.1, 0.15) is 18.5 Å². The number of aliphatic hydroxyl groups is 1. The van der Waals surface area contributed by atoms with Gasteiger partial charge in [0.05, 0.1) is 12.2 Å². The van der Waals surface area contributed by atoms with Crippen molar-refractivity contribution in [3.05, 3.63) is 70.6 Å². The third kappa shape index (κ3) is 4.48. The number of Topliss-reactive ketones (excluding diaryl/α,β-unsaturated/α-hetero) is 1. The van der Waals surface area contributed by atoms with Gasteiger partial charge in [0.25, 0.3) is 0 Å². The van der Waals surface area contributed by atoms with Gasteiger partial charge >= 0.3 is 5.69 Å². The Kier molecular flexibility index (Phi) is 5.77. The Morgan fingerprint density at radius 1 is 1.11 bits per heavy atom. The van der Waals surface area contributed by atoms with Gasteiger partial charge < -0.3 is 9.84 Å². The number of carbonyl (C=O) groups excluding carboxylic acids is 1. The SMILES string of the molecule is CCC(=O)c1ccc(OCC(O)Cn2nnn(-c3ccccc3)c2=O)cc1. The molecule has 0 aliphatic carbocycles. The quantitative estimate of drug-likeness (QED) is 0.605. The third-order valence-electron chi connectivity index (χ3n) is 3.96. The van der Waals surface area contributed by atoms with E-state index in [1.165, 1.54) is 0 Å². The van der Waals surface area contributed by atoms with Crippen molar-refractivity contribution in [1.29, 1.82) is 0 Å². The summed E-state index contributed by atoms with van der Waals surface area (Å²) in [5.41, 5.74) is 0.776. The van der Waals surface area contributed by atoms with E-state index in [9.17, 15) is 14.7 Å². The van der Waals surface area contributed by atoms with Gasteiger partial charge in [-0.1, -0.05) is 25.1 Å². The van der Waals surface area contributed by atoms with E-state index < -0.39 is 11.8 Å². The summed E-state index contributed by atoms with van der Waals surface area (Å²) in [5, 5.41) is 17.7. The van der Waals surface area contributed by atoms with Crippen molar-refractivity contribution in [1.82, 2.24) is 19.8 Å². The molecule has 140 valence electrons. The second kappa shape index (κ2) is 8.41. The van der Waals surface area contributed by atoms with Gasteiger partial charge in [-0.3, -0.25) is 4.79 Å². The van der Waals surface area contributed by atoms with Crippen molar-refractivity contribution in [3.8, 4) is 11.4 Å². The van der Waals surface area contributed by atoms with Crippen molar-refractivity contribution in [2.75, 3.05) is 6.61 Å². The van der Waals surface area contributed by atoms with E-state index in [0.717, 1.165) is 9.36 Å². The van der Waals surface area contributed by atoms with Gasteiger partial charge in [-0.05, 0) is 46.8 Å². The van der Waals surface area contributed by atoms with Crippen molar-refractivity contribution in [2.45, 2.75) is 26.0 Å². The smallest absolute Gasteiger partial charge is 0.368 e. The third-order valence-corrected chi connectivity index (χ3v) is 3.96. The number of ketones is 1. The van der Waals surface area contributed by atoms with Gasteiger partial charge in [0, 0.05) is 12.0 Å². The maximum atomic E-state index is 12.3. The number of benzene rings is 2. The number of para-hydroxylation sites is 1. The summed E-state index contributed by atoms with van der Waals surface area (Å²) in [7, 11) is 0. The van der Waals surface area contributed by atoms with Crippen LogP contribution in [0, 0.1) is 0 Å². The number of hydrogen-bond donors (Lipinski definition) is 1. The lowest BCUT2D eigenvalue weighted by molar-refractivity contribution is 0.0878. The molecule has 1 heterocycles. The topological polar surface area (TPSA) is 99.2 Å². The van der Waals surface area contributed by atoms with Crippen LogP contribution >= 0.6 is 0 Å². The Bertz CT molecular complexity index is 948. The standard InChI is InChI=1S/C19H20N4O4/c1-2-18(25)14-8-10-17(11-9-14)27-13-16(24)12-22-19(26)23(21-20-22)15-6-4-3-5-7-15/h3-11,16,24H,2,12-13H2,1H3. The fraction of sp³-hybridized carbons (Fsp3) is 0.263. The fourth-order valence-corrected chi connectivity index (χ4v) is 2.51. The molecule has 0 saturated heterocycles. The molecule has 3 rings (SSSR count). The normalized spacial score (nSPS) is 11.9. The largest absolute Gasteiger partial charge is 0.491 e. The molecule has 0 spiro atoms. The highest BCUT2D eigenvalue weighted by Crippen LogP contribution is 2.14. The molecule has 0 saturated carbocycles. The first kappa shape index (κ1) is 18.5. The zero-order valence-electron chi connectivity index (χ0n) is 14.9. The predicted octanol–water partition coefficient (Wildman–Crippen LogP) is 1.46. The minimum absolute atomic E-state index is 0.0221. The van der Waals surface area contributed by atoms with Crippen LogP contribution in [0.5, 0.6) is 5.75 Å². The maximum Gasteiger partial charge on any atom is 0.368 e.